The van der Waals surface area contributed by atoms with E-state index in [1.54, 1.807) is 43.5 Å². The van der Waals surface area contributed by atoms with Gasteiger partial charge in [-0.3, -0.25) is 9.59 Å². The van der Waals surface area contributed by atoms with Crippen LogP contribution in [0.4, 0.5) is 5.69 Å². The van der Waals surface area contributed by atoms with E-state index in [-0.39, 0.29) is 17.9 Å². The van der Waals surface area contributed by atoms with Crippen LogP contribution in [0.3, 0.4) is 0 Å². The lowest BCUT2D eigenvalue weighted by Gasteiger charge is -2.20. The maximum atomic E-state index is 13.0. The highest BCUT2D eigenvalue weighted by Gasteiger charge is 2.22. The summed E-state index contributed by atoms with van der Waals surface area (Å²) in [5.41, 5.74) is 1.81. The standard InChI is InChI=1S/C26H28N2O4/c1-4-22(32-24-17-11-10-16-23(24)31-3)26(30)28-21-15-9-8-14-20(21)25(29)27-18(2)19-12-6-5-7-13-19/h5-18,22H,4H2,1-3H3,(H,27,29)(H,28,30)/t18-,22-/m0/s1. The molecular weight excluding hydrogens is 404 g/mol. The molecule has 0 aliphatic carbocycles. The van der Waals surface area contributed by atoms with Crippen molar-refractivity contribution in [2.45, 2.75) is 32.4 Å². The Bertz CT molecular complexity index is 1050. The van der Waals surface area contributed by atoms with Crippen LogP contribution in [-0.4, -0.2) is 25.0 Å². The van der Waals surface area contributed by atoms with E-state index in [0.717, 1.165) is 5.56 Å². The summed E-state index contributed by atoms with van der Waals surface area (Å²) in [4.78, 5) is 25.9. The third-order valence-corrected chi connectivity index (χ3v) is 5.08. The molecule has 6 heteroatoms. The van der Waals surface area contributed by atoms with Crippen LogP contribution in [0, 0.1) is 0 Å². The lowest BCUT2D eigenvalue weighted by Crippen LogP contribution is -2.34. The molecule has 166 valence electrons. The predicted molar refractivity (Wildman–Crippen MR) is 125 cm³/mol. The molecule has 0 aliphatic rings. The zero-order valence-corrected chi connectivity index (χ0v) is 18.5. The average Bonchev–Trinajstić information content (AvgIpc) is 2.83. The van der Waals surface area contributed by atoms with Crippen LogP contribution in [0.5, 0.6) is 11.5 Å². The van der Waals surface area contributed by atoms with Gasteiger partial charge in [0, 0.05) is 0 Å². The molecule has 3 aromatic rings. The molecule has 0 saturated heterocycles. The van der Waals surface area contributed by atoms with Gasteiger partial charge in [-0.15, -0.1) is 0 Å². The minimum atomic E-state index is -0.745. The fourth-order valence-electron chi connectivity index (χ4n) is 3.29. The molecule has 0 fully saturated rings. The largest absolute Gasteiger partial charge is 0.493 e. The molecule has 0 bridgehead atoms. The van der Waals surface area contributed by atoms with E-state index in [0.29, 0.717) is 29.2 Å². The number of ether oxygens (including phenoxy) is 2. The Morgan fingerprint density at radius 1 is 0.875 bits per heavy atom. The summed E-state index contributed by atoms with van der Waals surface area (Å²) in [7, 11) is 1.55. The molecule has 0 aliphatic heterocycles. The van der Waals surface area contributed by atoms with Gasteiger partial charge < -0.3 is 20.1 Å². The Morgan fingerprint density at radius 3 is 2.19 bits per heavy atom. The first-order valence-corrected chi connectivity index (χ1v) is 10.6. The molecule has 0 unspecified atom stereocenters. The lowest BCUT2D eigenvalue weighted by molar-refractivity contribution is -0.122. The van der Waals surface area contributed by atoms with E-state index in [1.165, 1.54) is 0 Å². The van der Waals surface area contributed by atoms with Crippen LogP contribution in [0.25, 0.3) is 0 Å². The second-order valence-corrected chi connectivity index (χ2v) is 7.31. The van der Waals surface area contributed by atoms with E-state index in [4.69, 9.17) is 9.47 Å². The van der Waals surface area contributed by atoms with Gasteiger partial charge in [0.2, 0.25) is 0 Å². The number of hydrogen-bond acceptors (Lipinski definition) is 4. The molecule has 3 aromatic carbocycles. The van der Waals surface area contributed by atoms with E-state index in [9.17, 15) is 9.59 Å². The molecule has 6 nitrogen and oxygen atoms in total. The van der Waals surface area contributed by atoms with Crippen molar-refractivity contribution in [3.8, 4) is 11.5 Å². The SMILES string of the molecule is CC[C@H](Oc1ccccc1OC)C(=O)Nc1ccccc1C(=O)N[C@@H](C)c1ccccc1. The van der Waals surface area contributed by atoms with Crippen molar-refractivity contribution in [2.24, 2.45) is 0 Å². The highest BCUT2D eigenvalue weighted by molar-refractivity contribution is 6.04. The summed E-state index contributed by atoms with van der Waals surface area (Å²) in [6, 6.07) is 23.6. The second kappa shape index (κ2) is 11.0. The molecule has 32 heavy (non-hydrogen) atoms. The molecule has 2 amide bonds. The summed E-state index contributed by atoms with van der Waals surface area (Å²) in [5.74, 6) is 0.429. The zero-order valence-electron chi connectivity index (χ0n) is 18.5. The van der Waals surface area contributed by atoms with Crippen molar-refractivity contribution in [3.63, 3.8) is 0 Å². The maximum Gasteiger partial charge on any atom is 0.265 e. The monoisotopic (exact) mass is 432 g/mol. The van der Waals surface area contributed by atoms with E-state index in [2.05, 4.69) is 10.6 Å². The molecular formula is C26H28N2O4. The molecule has 0 radical (unpaired) electrons. The number of hydrogen-bond donors (Lipinski definition) is 2. The van der Waals surface area contributed by atoms with E-state index >= 15 is 0 Å². The van der Waals surface area contributed by atoms with Gasteiger partial charge in [0.05, 0.1) is 24.4 Å². The number of benzene rings is 3. The maximum absolute atomic E-state index is 13.0. The summed E-state index contributed by atoms with van der Waals surface area (Å²) in [6.45, 7) is 3.78. The lowest BCUT2D eigenvalue weighted by atomic mass is 10.1. The Kier molecular flexibility index (Phi) is 7.86. The summed E-state index contributed by atoms with van der Waals surface area (Å²) in [6.07, 6.45) is -0.297. The van der Waals surface area contributed by atoms with Crippen molar-refractivity contribution in [1.29, 1.82) is 0 Å². The minimum Gasteiger partial charge on any atom is -0.493 e. The number of carbonyl (C=O) groups excluding carboxylic acids is 2. The molecule has 0 aromatic heterocycles. The van der Waals surface area contributed by atoms with Crippen LogP contribution in [-0.2, 0) is 4.79 Å². The molecule has 0 heterocycles. The Labute approximate surface area is 188 Å². The van der Waals surface area contributed by atoms with Crippen LogP contribution in [0.2, 0.25) is 0 Å². The molecule has 2 N–H and O–H groups in total. The van der Waals surface area contributed by atoms with Crippen molar-refractivity contribution in [3.05, 3.63) is 90.0 Å². The third-order valence-electron chi connectivity index (χ3n) is 5.08. The van der Waals surface area contributed by atoms with Gasteiger partial charge in [0.15, 0.2) is 17.6 Å². The van der Waals surface area contributed by atoms with Crippen LogP contribution < -0.4 is 20.1 Å². The number of rotatable bonds is 9. The van der Waals surface area contributed by atoms with Crippen LogP contribution in [0.1, 0.15) is 42.2 Å². The van der Waals surface area contributed by atoms with Gasteiger partial charge >= 0.3 is 0 Å². The average molecular weight is 433 g/mol. The van der Waals surface area contributed by atoms with Crippen LogP contribution >= 0.6 is 0 Å². The van der Waals surface area contributed by atoms with Crippen molar-refractivity contribution < 1.29 is 19.1 Å². The third kappa shape index (κ3) is 5.66. The first kappa shape index (κ1) is 22.9. The number of para-hydroxylation sites is 3. The normalized spacial score (nSPS) is 12.3. The Morgan fingerprint density at radius 2 is 1.50 bits per heavy atom. The zero-order chi connectivity index (χ0) is 22.9. The van der Waals surface area contributed by atoms with Gasteiger partial charge in [0.25, 0.3) is 11.8 Å². The topological polar surface area (TPSA) is 76.7 Å². The van der Waals surface area contributed by atoms with Gasteiger partial charge in [-0.2, -0.15) is 0 Å². The van der Waals surface area contributed by atoms with Crippen LogP contribution in [0.15, 0.2) is 78.9 Å². The summed E-state index contributed by atoms with van der Waals surface area (Å²) < 4.78 is 11.2. The number of anilines is 1. The van der Waals surface area contributed by atoms with E-state index in [1.807, 2.05) is 56.3 Å². The molecule has 0 saturated carbocycles. The minimum absolute atomic E-state index is 0.176. The van der Waals surface area contributed by atoms with Gasteiger partial charge in [-0.05, 0) is 43.2 Å². The fraction of sp³-hybridized carbons (Fsp3) is 0.231. The number of nitrogens with one attached hydrogen (secondary N) is 2. The second-order valence-electron chi connectivity index (χ2n) is 7.31. The molecule has 2 atom stereocenters. The number of amides is 2. The van der Waals surface area contributed by atoms with Gasteiger partial charge in [-0.1, -0.05) is 61.5 Å². The summed E-state index contributed by atoms with van der Waals surface area (Å²) in [5, 5.41) is 5.83. The van der Waals surface area contributed by atoms with Gasteiger partial charge in [-0.25, -0.2) is 0 Å². The highest BCUT2D eigenvalue weighted by atomic mass is 16.5. The Balaban J connectivity index is 1.73. The highest BCUT2D eigenvalue weighted by Crippen LogP contribution is 2.28. The fourth-order valence-corrected chi connectivity index (χ4v) is 3.29. The Hall–Kier alpha value is -3.80. The van der Waals surface area contributed by atoms with Gasteiger partial charge in [0.1, 0.15) is 0 Å². The van der Waals surface area contributed by atoms with Crippen molar-refractivity contribution in [1.82, 2.24) is 5.32 Å². The smallest absolute Gasteiger partial charge is 0.265 e. The van der Waals surface area contributed by atoms with E-state index < -0.39 is 6.10 Å². The molecule has 3 rings (SSSR count). The summed E-state index contributed by atoms with van der Waals surface area (Å²) >= 11 is 0. The number of methoxy groups -OCH3 is 1. The quantitative estimate of drug-likeness (QED) is 0.500. The van der Waals surface area contributed by atoms with Crippen molar-refractivity contribution >= 4 is 17.5 Å². The van der Waals surface area contributed by atoms with Crippen molar-refractivity contribution in [2.75, 3.05) is 12.4 Å². The first-order valence-electron chi connectivity index (χ1n) is 10.6. The predicted octanol–water partition coefficient (Wildman–Crippen LogP) is 4.98. The first-order chi connectivity index (χ1) is 15.5. The molecule has 0 spiro atoms. The number of carbonyl (C=O) groups is 2.